The van der Waals surface area contributed by atoms with Gasteiger partial charge in [-0.1, -0.05) is 145 Å². The molecule has 0 radical (unpaired) electrons. The van der Waals surface area contributed by atoms with Crippen molar-refractivity contribution in [1.82, 2.24) is 0 Å². The van der Waals surface area contributed by atoms with Crippen LogP contribution < -0.4 is 0 Å². The molecule has 0 heterocycles. The molecule has 0 aliphatic heterocycles. The lowest BCUT2D eigenvalue weighted by Crippen LogP contribution is -1.92. The summed E-state index contributed by atoms with van der Waals surface area (Å²) in [6.45, 7) is 0. The fourth-order valence-corrected chi connectivity index (χ4v) is 4.87. The molecule has 8 rings (SSSR count). The minimum Gasteiger partial charge on any atom is -0.0616 e. The first-order chi connectivity index (χ1) is 28.0. The molecule has 0 fully saturated rings. The minimum absolute atomic E-state index is 0.251. The van der Waals surface area contributed by atoms with Gasteiger partial charge in [0.25, 0.3) is 0 Å². The van der Waals surface area contributed by atoms with Gasteiger partial charge in [0.2, 0.25) is 0 Å². The van der Waals surface area contributed by atoms with Crippen LogP contribution in [0.2, 0.25) is 0 Å². The highest BCUT2D eigenvalue weighted by Gasteiger charge is 2.19. The van der Waals surface area contributed by atoms with Crippen LogP contribution >= 0.6 is 0 Å². The number of benzene rings is 8. The Kier molecular flexibility index (Phi) is 1.93. The van der Waals surface area contributed by atoms with Gasteiger partial charge < -0.3 is 0 Å². The first-order valence-electron chi connectivity index (χ1n) is 22.4. The summed E-state index contributed by atoms with van der Waals surface area (Å²) in [5.41, 5.74) is -2.20. The average Bonchev–Trinajstić information content (AvgIpc) is 3.21. The maximum Gasteiger partial charge on any atom is 0.0630 e. The zero-order chi connectivity index (χ0) is 44.2. The molecule has 0 nitrogen and oxygen atoms in total. The summed E-state index contributed by atoms with van der Waals surface area (Å²) in [5, 5.41) is -4.61. The molecule has 0 spiro atoms. The molecule has 0 aromatic heterocycles. The van der Waals surface area contributed by atoms with E-state index < -0.39 is 198 Å². The largest absolute Gasteiger partial charge is 0.0630 e. The Morgan fingerprint density at radius 3 is 1.55 bits per heavy atom. The van der Waals surface area contributed by atoms with Crippen molar-refractivity contribution in [3.05, 3.63) is 145 Å². The number of hydrogen-bond donors (Lipinski definition) is 0. The van der Waals surface area contributed by atoms with Gasteiger partial charge in [-0.05, 0) is 76.1 Å². The standard InChI is InChI=1S/C38H24/c1-4-15-28-25(11-1)13-9-21-31(28)37-33-16-5-7-18-35(33)38(36-19-8-6-17-34(36)37)32-22-10-20-29-27-14-3-2-12-26(27)23-24-30(29)32/h1-24H/i1D,2D,3D,5D,6D,7D,8D,9D,10D,11D,12D,13D,14D,15D,16D,17D,18D,19D,21D,22D,23D,24D. The third-order valence-electron chi connectivity index (χ3n) is 6.44. The van der Waals surface area contributed by atoms with Crippen molar-refractivity contribution in [2.24, 2.45) is 0 Å². The van der Waals surface area contributed by atoms with Crippen molar-refractivity contribution < 1.29 is 30.2 Å². The molecule has 8 aromatic carbocycles. The highest BCUT2D eigenvalue weighted by Crippen LogP contribution is 2.46. The van der Waals surface area contributed by atoms with Crippen LogP contribution in [0.25, 0.3) is 76.1 Å². The Morgan fingerprint density at radius 1 is 0.316 bits per heavy atom. The molecule has 0 saturated heterocycles. The van der Waals surface area contributed by atoms with E-state index in [4.69, 9.17) is 20.6 Å². The van der Waals surface area contributed by atoms with E-state index in [1.165, 1.54) is 0 Å². The first-order valence-corrected chi connectivity index (χ1v) is 11.4. The number of fused-ring (bicyclic) bond motifs is 6. The average molecular weight is 503 g/mol. The Labute approximate surface area is 252 Å². The van der Waals surface area contributed by atoms with Crippen molar-refractivity contribution in [2.45, 2.75) is 0 Å². The van der Waals surface area contributed by atoms with E-state index in [9.17, 15) is 9.60 Å². The Morgan fingerprint density at radius 2 is 0.842 bits per heavy atom. The zero-order valence-corrected chi connectivity index (χ0v) is 19.2. The van der Waals surface area contributed by atoms with Crippen LogP contribution in [0.5, 0.6) is 0 Å². The van der Waals surface area contributed by atoms with E-state index in [0.29, 0.717) is 0 Å². The van der Waals surface area contributed by atoms with Gasteiger partial charge in [0, 0.05) is 0 Å². The van der Waals surface area contributed by atoms with E-state index in [1.807, 2.05) is 0 Å². The second kappa shape index (κ2) is 8.30. The van der Waals surface area contributed by atoms with Gasteiger partial charge in [0.1, 0.15) is 0 Å². The summed E-state index contributed by atoms with van der Waals surface area (Å²) in [4.78, 5) is 0. The predicted octanol–water partition coefficient (Wildman–Crippen LogP) is 10.8. The Balaban J connectivity index is 1.82. The predicted molar refractivity (Wildman–Crippen MR) is 165 cm³/mol. The summed E-state index contributed by atoms with van der Waals surface area (Å²) < 4.78 is 196. The molecule has 0 saturated carbocycles. The normalized spacial score (nSPS) is 19.8. The van der Waals surface area contributed by atoms with Crippen molar-refractivity contribution in [3.63, 3.8) is 0 Å². The second-order valence-corrected chi connectivity index (χ2v) is 8.39. The van der Waals surface area contributed by atoms with Crippen LogP contribution in [0.3, 0.4) is 0 Å². The molecule has 0 amide bonds. The van der Waals surface area contributed by atoms with Gasteiger partial charge >= 0.3 is 0 Å². The third-order valence-corrected chi connectivity index (χ3v) is 6.44. The fraction of sp³-hybridized carbons (Fsp3) is 0. The fourth-order valence-electron chi connectivity index (χ4n) is 4.87. The van der Waals surface area contributed by atoms with Gasteiger partial charge in [-0.15, -0.1) is 0 Å². The molecule has 176 valence electrons. The van der Waals surface area contributed by atoms with Crippen molar-refractivity contribution >= 4 is 53.9 Å². The topological polar surface area (TPSA) is 0 Å². The highest BCUT2D eigenvalue weighted by atomic mass is 14.2. The van der Waals surface area contributed by atoms with E-state index in [0.717, 1.165) is 12.1 Å². The maximum absolute atomic E-state index is 9.36. The molecule has 0 aliphatic carbocycles. The summed E-state index contributed by atoms with van der Waals surface area (Å²) in [6.07, 6.45) is 0. The Bertz CT molecular complexity index is 3310. The monoisotopic (exact) mass is 502 g/mol. The molecule has 0 N–H and O–H groups in total. The summed E-state index contributed by atoms with van der Waals surface area (Å²) >= 11 is 0. The summed E-state index contributed by atoms with van der Waals surface area (Å²) in [5.74, 6) is 0. The van der Waals surface area contributed by atoms with E-state index in [2.05, 4.69) is 0 Å². The SMILES string of the molecule is [2H]c1cc2c(c([2H])c([2H])c3c([2H])c([2H])c([2H])c([2H])c32)c(-c2c3c([2H])c([2H])c([2H])c([2H])c3c(-c3c([2H])c([2H])c([2H])c4c([2H])c([2H])cc([2H])c34)c3c([2H])c([2H])c([2H])c([2H])c23)c1[2H]. The van der Waals surface area contributed by atoms with E-state index in [1.54, 1.807) is 0 Å². The van der Waals surface area contributed by atoms with Crippen LogP contribution in [-0.2, 0) is 0 Å². The highest BCUT2D eigenvalue weighted by molar-refractivity contribution is 6.26. The number of hydrogen-bond acceptors (Lipinski definition) is 0. The van der Waals surface area contributed by atoms with Crippen LogP contribution in [0, 0.1) is 0 Å². The van der Waals surface area contributed by atoms with Crippen molar-refractivity contribution in [2.75, 3.05) is 0 Å². The first kappa shape index (κ1) is 8.82. The van der Waals surface area contributed by atoms with Crippen LogP contribution in [0.4, 0.5) is 0 Å². The molecular weight excluding hydrogens is 456 g/mol. The quantitative estimate of drug-likeness (QED) is 0.163. The third kappa shape index (κ3) is 3.04. The molecular formula is C38H24. The van der Waals surface area contributed by atoms with Gasteiger partial charge in [-0.3, -0.25) is 0 Å². The molecule has 0 bridgehead atoms. The Hall–Kier alpha value is -4.94. The molecule has 0 unspecified atom stereocenters. The zero-order valence-electron chi connectivity index (χ0n) is 41.2. The van der Waals surface area contributed by atoms with Crippen LogP contribution in [-0.4, -0.2) is 0 Å². The summed E-state index contributed by atoms with van der Waals surface area (Å²) in [6, 6.07) is -14.9. The minimum atomic E-state index is -0.892. The number of rotatable bonds is 2. The molecule has 0 atom stereocenters. The molecule has 0 heteroatoms. The van der Waals surface area contributed by atoms with Crippen LogP contribution in [0.15, 0.2) is 145 Å². The molecule has 38 heavy (non-hydrogen) atoms. The van der Waals surface area contributed by atoms with E-state index >= 15 is 0 Å². The lowest BCUT2D eigenvalue weighted by molar-refractivity contribution is 1.69. The van der Waals surface area contributed by atoms with Gasteiger partial charge in [-0.2, -0.15) is 0 Å². The van der Waals surface area contributed by atoms with Crippen molar-refractivity contribution in [3.8, 4) is 22.3 Å². The maximum atomic E-state index is 9.36. The second-order valence-electron chi connectivity index (χ2n) is 8.39. The van der Waals surface area contributed by atoms with Gasteiger partial charge in [0.15, 0.2) is 0 Å². The van der Waals surface area contributed by atoms with Crippen molar-refractivity contribution in [1.29, 1.82) is 0 Å². The molecule has 0 aliphatic rings. The van der Waals surface area contributed by atoms with E-state index in [-0.39, 0.29) is 10.8 Å². The molecule has 8 aromatic rings. The lowest BCUT2D eigenvalue weighted by Gasteiger charge is -2.20. The van der Waals surface area contributed by atoms with Crippen LogP contribution in [0.1, 0.15) is 30.2 Å². The smallest absolute Gasteiger partial charge is 0.0616 e. The summed E-state index contributed by atoms with van der Waals surface area (Å²) in [7, 11) is 0. The van der Waals surface area contributed by atoms with Gasteiger partial charge in [-0.25, -0.2) is 0 Å². The van der Waals surface area contributed by atoms with Gasteiger partial charge in [0.05, 0.1) is 30.2 Å². The lowest BCUT2D eigenvalue weighted by atomic mass is 9.83.